The van der Waals surface area contributed by atoms with Crippen molar-refractivity contribution >= 4 is 11.3 Å². The SMILES string of the molecule is c1ccn(-c2nccs2)c1. The third-order valence-electron chi connectivity index (χ3n) is 1.24. The molecule has 3 heteroatoms. The zero-order valence-electron chi connectivity index (χ0n) is 5.27. The minimum absolute atomic E-state index is 1.02. The van der Waals surface area contributed by atoms with E-state index < -0.39 is 0 Å². The van der Waals surface area contributed by atoms with E-state index in [2.05, 4.69) is 4.98 Å². The van der Waals surface area contributed by atoms with Gasteiger partial charge in [-0.2, -0.15) is 0 Å². The van der Waals surface area contributed by atoms with Crippen LogP contribution in [0.4, 0.5) is 0 Å². The maximum atomic E-state index is 4.14. The Labute approximate surface area is 62.8 Å². The molecular weight excluding hydrogens is 144 g/mol. The first-order chi connectivity index (χ1) is 4.97. The largest absolute Gasteiger partial charge is 0.300 e. The maximum absolute atomic E-state index is 4.14. The fraction of sp³-hybridized carbons (Fsp3) is 0. The van der Waals surface area contributed by atoms with Crippen LogP contribution in [0, 0.1) is 0 Å². The molecule has 10 heavy (non-hydrogen) atoms. The topological polar surface area (TPSA) is 17.8 Å². The fourth-order valence-electron chi connectivity index (χ4n) is 0.805. The lowest BCUT2D eigenvalue weighted by Crippen LogP contribution is -1.85. The van der Waals surface area contributed by atoms with Crippen LogP contribution < -0.4 is 0 Å². The number of hydrogen-bond acceptors (Lipinski definition) is 2. The Morgan fingerprint density at radius 2 is 2.10 bits per heavy atom. The van der Waals surface area contributed by atoms with Crippen LogP contribution in [0.3, 0.4) is 0 Å². The summed E-state index contributed by atoms with van der Waals surface area (Å²) in [4.78, 5) is 4.14. The van der Waals surface area contributed by atoms with Gasteiger partial charge in [-0.15, -0.1) is 11.3 Å². The predicted molar refractivity (Wildman–Crippen MR) is 41.4 cm³/mol. The van der Waals surface area contributed by atoms with Gasteiger partial charge in [0.2, 0.25) is 0 Å². The summed E-state index contributed by atoms with van der Waals surface area (Å²) in [6, 6.07) is 3.98. The third kappa shape index (κ3) is 0.844. The molecule has 0 aromatic carbocycles. The summed E-state index contributed by atoms with van der Waals surface area (Å²) in [5.41, 5.74) is 0. The van der Waals surface area contributed by atoms with Gasteiger partial charge >= 0.3 is 0 Å². The summed E-state index contributed by atoms with van der Waals surface area (Å²) in [6.45, 7) is 0. The first kappa shape index (κ1) is 5.68. The van der Waals surface area contributed by atoms with Crippen molar-refractivity contribution in [2.75, 3.05) is 0 Å². The molecular formula is C7H6N2S. The van der Waals surface area contributed by atoms with Crippen molar-refractivity contribution in [3.8, 4) is 5.13 Å². The van der Waals surface area contributed by atoms with E-state index in [1.807, 2.05) is 34.5 Å². The molecule has 0 saturated heterocycles. The first-order valence-corrected chi connectivity index (χ1v) is 3.87. The molecule has 0 fully saturated rings. The molecule has 2 rings (SSSR count). The lowest BCUT2D eigenvalue weighted by atomic mass is 10.7. The van der Waals surface area contributed by atoms with E-state index in [0.717, 1.165) is 5.13 Å². The Morgan fingerprint density at radius 1 is 1.30 bits per heavy atom. The molecule has 0 saturated carbocycles. The van der Waals surface area contributed by atoms with Crippen LogP contribution in [-0.4, -0.2) is 9.55 Å². The molecule has 0 aliphatic carbocycles. The quantitative estimate of drug-likeness (QED) is 0.607. The van der Waals surface area contributed by atoms with Crippen molar-refractivity contribution in [2.45, 2.75) is 0 Å². The monoisotopic (exact) mass is 150 g/mol. The predicted octanol–water partition coefficient (Wildman–Crippen LogP) is 1.93. The van der Waals surface area contributed by atoms with E-state index in [1.165, 1.54) is 0 Å². The number of thiazole rings is 1. The van der Waals surface area contributed by atoms with Crippen LogP contribution in [0.5, 0.6) is 0 Å². The Hall–Kier alpha value is -1.09. The summed E-state index contributed by atoms with van der Waals surface area (Å²) in [7, 11) is 0. The van der Waals surface area contributed by atoms with Crippen LogP contribution in [0.2, 0.25) is 0 Å². The maximum Gasteiger partial charge on any atom is 0.193 e. The third-order valence-corrected chi connectivity index (χ3v) is 2.03. The molecule has 2 nitrogen and oxygen atoms in total. The van der Waals surface area contributed by atoms with Gasteiger partial charge in [-0.05, 0) is 12.1 Å². The van der Waals surface area contributed by atoms with Crippen molar-refractivity contribution < 1.29 is 0 Å². The molecule has 0 radical (unpaired) electrons. The number of nitrogens with zero attached hydrogens (tertiary/aromatic N) is 2. The molecule has 0 N–H and O–H groups in total. The van der Waals surface area contributed by atoms with E-state index in [-0.39, 0.29) is 0 Å². The van der Waals surface area contributed by atoms with Crippen molar-refractivity contribution in [2.24, 2.45) is 0 Å². The highest BCUT2D eigenvalue weighted by Crippen LogP contribution is 2.09. The van der Waals surface area contributed by atoms with Crippen molar-refractivity contribution in [3.05, 3.63) is 36.1 Å². The molecule has 2 aromatic heterocycles. The average Bonchev–Trinajstić information content (AvgIpc) is 2.59. The molecule has 2 aromatic rings. The molecule has 0 spiro atoms. The summed E-state index contributed by atoms with van der Waals surface area (Å²) in [6.07, 6.45) is 5.78. The van der Waals surface area contributed by atoms with E-state index >= 15 is 0 Å². The smallest absolute Gasteiger partial charge is 0.193 e. The van der Waals surface area contributed by atoms with Gasteiger partial charge in [-0.3, -0.25) is 0 Å². The van der Waals surface area contributed by atoms with E-state index in [9.17, 15) is 0 Å². The van der Waals surface area contributed by atoms with Crippen LogP contribution in [0.25, 0.3) is 5.13 Å². The zero-order valence-corrected chi connectivity index (χ0v) is 6.08. The van der Waals surface area contributed by atoms with Gasteiger partial charge in [0.25, 0.3) is 0 Å². The molecule has 0 unspecified atom stereocenters. The highest BCUT2D eigenvalue weighted by Gasteiger charge is 1.93. The van der Waals surface area contributed by atoms with Gasteiger partial charge < -0.3 is 4.57 Å². The standard InChI is InChI=1S/C7H6N2S/c1-2-5-9(4-1)7-8-3-6-10-7/h1-6H. The highest BCUT2D eigenvalue weighted by atomic mass is 32.1. The second-order valence-corrected chi connectivity index (χ2v) is 2.78. The van der Waals surface area contributed by atoms with Crippen molar-refractivity contribution in [1.29, 1.82) is 0 Å². The lowest BCUT2D eigenvalue weighted by Gasteiger charge is -1.91. The van der Waals surface area contributed by atoms with Crippen LogP contribution in [0.1, 0.15) is 0 Å². The molecule has 0 atom stereocenters. The second kappa shape index (κ2) is 2.27. The summed E-state index contributed by atoms with van der Waals surface area (Å²) in [5, 5.41) is 2.99. The summed E-state index contributed by atoms with van der Waals surface area (Å²) < 4.78 is 1.99. The van der Waals surface area contributed by atoms with Gasteiger partial charge in [0.05, 0.1) is 0 Å². The molecule has 0 aliphatic heterocycles. The minimum Gasteiger partial charge on any atom is -0.300 e. The van der Waals surface area contributed by atoms with Crippen molar-refractivity contribution in [3.63, 3.8) is 0 Å². The summed E-state index contributed by atoms with van der Waals surface area (Å²) in [5.74, 6) is 0. The van der Waals surface area contributed by atoms with E-state index in [4.69, 9.17) is 0 Å². The van der Waals surface area contributed by atoms with Crippen LogP contribution >= 0.6 is 11.3 Å². The first-order valence-electron chi connectivity index (χ1n) is 2.99. The number of hydrogen-bond donors (Lipinski definition) is 0. The van der Waals surface area contributed by atoms with Crippen molar-refractivity contribution in [1.82, 2.24) is 9.55 Å². The van der Waals surface area contributed by atoms with Gasteiger partial charge in [0.15, 0.2) is 5.13 Å². The van der Waals surface area contributed by atoms with Gasteiger partial charge in [-0.1, -0.05) is 0 Å². The van der Waals surface area contributed by atoms with Gasteiger partial charge in [0, 0.05) is 24.0 Å². The fourth-order valence-corrected chi connectivity index (χ4v) is 1.41. The lowest BCUT2D eigenvalue weighted by molar-refractivity contribution is 1.05. The average molecular weight is 150 g/mol. The Balaban J connectivity index is 2.48. The van der Waals surface area contributed by atoms with Crippen LogP contribution in [-0.2, 0) is 0 Å². The Kier molecular flexibility index (Phi) is 1.29. The van der Waals surface area contributed by atoms with Crippen LogP contribution in [0.15, 0.2) is 36.1 Å². The molecule has 2 heterocycles. The second-order valence-electron chi connectivity index (χ2n) is 1.90. The molecule has 50 valence electrons. The van der Waals surface area contributed by atoms with E-state index in [0.29, 0.717) is 0 Å². The Bertz CT molecular complexity index is 251. The van der Waals surface area contributed by atoms with E-state index in [1.54, 1.807) is 17.5 Å². The van der Waals surface area contributed by atoms with Gasteiger partial charge in [0.1, 0.15) is 0 Å². The number of rotatable bonds is 1. The van der Waals surface area contributed by atoms with Gasteiger partial charge in [-0.25, -0.2) is 4.98 Å². The molecule has 0 bridgehead atoms. The normalized spacial score (nSPS) is 10.0. The minimum atomic E-state index is 1.02. The Morgan fingerprint density at radius 3 is 2.70 bits per heavy atom. The zero-order chi connectivity index (χ0) is 6.81. The highest BCUT2D eigenvalue weighted by molar-refractivity contribution is 7.12. The molecule has 0 amide bonds. The summed E-state index contributed by atoms with van der Waals surface area (Å²) >= 11 is 1.63. The molecule has 0 aliphatic rings. The number of aromatic nitrogens is 2.